The quantitative estimate of drug-likeness (QED) is 0.418. The molecule has 0 aliphatic heterocycles. The minimum atomic E-state index is -2.55. The smallest absolute Gasteiger partial charge is 0.166 e. The van der Waals surface area contributed by atoms with Gasteiger partial charge in [0.2, 0.25) is 0 Å². The summed E-state index contributed by atoms with van der Waals surface area (Å²) in [4.78, 5) is 0. The van der Waals surface area contributed by atoms with E-state index in [9.17, 15) is 0 Å². The van der Waals surface area contributed by atoms with Gasteiger partial charge in [-0.25, -0.2) is 0 Å². The molecule has 0 fully saturated rings. The van der Waals surface area contributed by atoms with Crippen LogP contribution in [0.5, 0.6) is 0 Å². The molecular formula is C3H7Cl5Si2. The Kier molecular flexibility index (Phi) is 5.01. The SMILES string of the molecule is C[Si](Cl)(CCl)C[Si](Cl)(Cl)Cl. The van der Waals surface area contributed by atoms with Gasteiger partial charge in [-0.3, -0.25) is 0 Å². The predicted molar refractivity (Wildman–Crippen MR) is 56.3 cm³/mol. The summed E-state index contributed by atoms with van der Waals surface area (Å²) in [5, 5.41) is 0. The van der Waals surface area contributed by atoms with Crippen molar-refractivity contribution in [3.63, 3.8) is 0 Å². The van der Waals surface area contributed by atoms with Crippen LogP contribution in [0.15, 0.2) is 0 Å². The van der Waals surface area contributed by atoms with Crippen LogP contribution in [0.3, 0.4) is 0 Å². The van der Waals surface area contributed by atoms with Crippen LogP contribution in [0, 0.1) is 0 Å². The summed E-state index contributed by atoms with van der Waals surface area (Å²) in [5.41, 5.74) is 0.963. The molecule has 0 bridgehead atoms. The first kappa shape index (κ1) is 11.9. The van der Waals surface area contributed by atoms with Crippen molar-refractivity contribution in [3.8, 4) is 0 Å². The van der Waals surface area contributed by atoms with Crippen LogP contribution in [0.25, 0.3) is 0 Å². The maximum absolute atomic E-state index is 5.99. The molecule has 0 heterocycles. The topological polar surface area (TPSA) is 0 Å². The lowest BCUT2D eigenvalue weighted by molar-refractivity contribution is 1.72. The molecule has 62 valence electrons. The van der Waals surface area contributed by atoms with Crippen molar-refractivity contribution in [1.82, 2.24) is 0 Å². The molecule has 0 aromatic heterocycles. The van der Waals surface area contributed by atoms with Crippen LogP contribution in [-0.2, 0) is 0 Å². The Hall–Kier alpha value is 1.88. The second-order valence-electron chi connectivity index (χ2n) is 2.34. The number of alkyl halides is 1. The summed E-state index contributed by atoms with van der Waals surface area (Å²) in [6, 6.07) is -2.55. The van der Waals surface area contributed by atoms with Gasteiger partial charge >= 0.3 is 6.00 Å². The second-order valence-corrected chi connectivity index (χ2v) is 19.2. The van der Waals surface area contributed by atoms with Crippen molar-refractivity contribution in [1.29, 1.82) is 0 Å². The third kappa shape index (κ3) is 6.59. The number of hydrogen-bond donors (Lipinski definition) is 0. The summed E-state index contributed by atoms with van der Waals surface area (Å²) >= 11 is 28.5. The Bertz CT molecular complexity index is 108. The van der Waals surface area contributed by atoms with Crippen molar-refractivity contribution in [2.45, 2.75) is 12.2 Å². The molecule has 0 rings (SSSR count). The van der Waals surface area contributed by atoms with E-state index in [2.05, 4.69) is 0 Å². The van der Waals surface area contributed by atoms with Crippen molar-refractivity contribution < 1.29 is 0 Å². The van der Waals surface area contributed by atoms with Crippen LogP contribution < -0.4 is 0 Å². The lowest BCUT2D eigenvalue weighted by Crippen LogP contribution is -2.33. The highest BCUT2D eigenvalue weighted by Gasteiger charge is 2.37. The van der Waals surface area contributed by atoms with Gasteiger partial charge in [-0.15, -0.1) is 44.8 Å². The van der Waals surface area contributed by atoms with E-state index in [0.29, 0.717) is 11.2 Å². The van der Waals surface area contributed by atoms with Crippen LogP contribution >= 0.6 is 55.9 Å². The van der Waals surface area contributed by atoms with Gasteiger partial charge < -0.3 is 0 Å². The van der Waals surface area contributed by atoms with Crippen LogP contribution in [-0.4, -0.2) is 18.9 Å². The molecule has 10 heavy (non-hydrogen) atoms. The number of hydrogen-bond acceptors (Lipinski definition) is 0. The van der Waals surface area contributed by atoms with Gasteiger partial charge in [0.1, 0.15) is 0 Å². The minimum absolute atomic E-state index is 0.440. The third-order valence-electron chi connectivity index (χ3n) is 0.848. The largest absolute Gasteiger partial charge is 0.340 e. The van der Waals surface area contributed by atoms with E-state index in [1.54, 1.807) is 0 Å². The van der Waals surface area contributed by atoms with E-state index < -0.39 is 13.4 Å². The molecule has 0 aliphatic rings. The summed E-state index contributed by atoms with van der Waals surface area (Å²) < 4.78 is 0. The molecule has 7 heteroatoms. The fourth-order valence-electron chi connectivity index (χ4n) is 0.465. The standard InChI is InChI=1S/C3H7Cl5Si2/c1-9(5,2-4)3-10(6,7)8/h2-3H2,1H3. The van der Waals surface area contributed by atoms with Gasteiger partial charge in [0.25, 0.3) is 0 Å². The van der Waals surface area contributed by atoms with Crippen LogP contribution in [0.2, 0.25) is 12.2 Å². The van der Waals surface area contributed by atoms with E-state index in [1.807, 2.05) is 6.55 Å². The molecule has 0 amide bonds. The molecule has 0 radical (unpaired) electrons. The van der Waals surface area contributed by atoms with Crippen LogP contribution in [0.4, 0.5) is 0 Å². The zero-order valence-electron chi connectivity index (χ0n) is 5.30. The third-order valence-corrected chi connectivity index (χ3v) is 13.3. The lowest BCUT2D eigenvalue weighted by atomic mass is 11.8. The number of halogens is 5. The molecule has 0 aliphatic carbocycles. The van der Waals surface area contributed by atoms with Gasteiger partial charge in [0.05, 0.1) is 0 Å². The predicted octanol–water partition coefficient (Wildman–Crippen LogP) is 3.77. The highest BCUT2D eigenvalue weighted by atomic mass is 35.8. The van der Waals surface area contributed by atoms with Crippen molar-refractivity contribution in [3.05, 3.63) is 0 Å². The molecule has 0 saturated carbocycles. The van der Waals surface area contributed by atoms with E-state index in [4.69, 9.17) is 55.9 Å². The molecule has 1 atom stereocenters. The fraction of sp³-hybridized carbons (Fsp3) is 1.00. The summed E-state index contributed by atoms with van der Waals surface area (Å²) in [6.45, 7) is 1.90. The highest BCUT2D eigenvalue weighted by molar-refractivity contribution is 7.67. The fourth-order valence-corrected chi connectivity index (χ4v) is 16.7. The van der Waals surface area contributed by atoms with Crippen molar-refractivity contribution in [2.24, 2.45) is 0 Å². The monoisotopic (exact) mass is 274 g/mol. The van der Waals surface area contributed by atoms with E-state index >= 15 is 0 Å². The first-order chi connectivity index (χ1) is 4.27. The highest BCUT2D eigenvalue weighted by Crippen LogP contribution is 2.32. The van der Waals surface area contributed by atoms with Gasteiger partial charge in [-0.05, 0) is 5.67 Å². The van der Waals surface area contributed by atoms with Crippen LogP contribution in [0.1, 0.15) is 0 Å². The van der Waals surface area contributed by atoms with Crippen molar-refractivity contribution in [2.75, 3.05) is 5.50 Å². The first-order valence-electron chi connectivity index (χ1n) is 2.58. The Morgan fingerprint density at radius 2 is 1.50 bits per heavy atom. The summed E-state index contributed by atoms with van der Waals surface area (Å²) in [5.74, 6) is 0. The van der Waals surface area contributed by atoms with Gasteiger partial charge in [-0.1, -0.05) is 6.55 Å². The average Bonchev–Trinajstić information content (AvgIpc) is 1.60. The zero-order valence-corrected chi connectivity index (χ0v) is 11.1. The first-order valence-corrected chi connectivity index (χ1v) is 12.3. The zero-order chi connectivity index (χ0) is 8.41. The maximum atomic E-state index is 5.99. The van der Waals surface area contributed by atoms with E-state index in [-0.39, 0.29) is 0 Å². The Morgan fingerprint density at radius 3 is 1.60 bits per heavy atom. The Balaban J connectivity index is 3.89. The molecule has 0 N–H and O–H groups in total. The Labute approximate surface area is 86.6 Å². The maximum Gasteiger partial charge on any atom is 0.340 e. The van der Waals surface area contributed by atoms with Gasteiger partial charge in [-0.2, -0.15) is 11.1 Å². The van der Waals surface area contributed by atoms with Crippen molar-refractivity contribution >= 4 is 69.3 Å². The summed E-state index contributed by atoms with van der Waals surface area (Å²) in [7, 11) is -1.91. The van der Waals surface area contributed by atoms with E-state index in [0.717, 1.165) is 0 Å². The molecule has 0 spiro atoms. The van der Waals surface area contributed by atoms with Gasteiger partial charge in [0, 0.05) is 5.50 Å². The average molecular weight is 277 g/mol. The minimum Gasteiger partial charge on any atom is -0.166 e. The molecular weight excluding hydrogens is 269 g/mol. The molecule has 0 aromatic carbocycles. The molecule has 0 aromatic rings. The number of rotatable bonds is 3. The Morgan fingerprint density at radius 1 is 1.10 bits per heavy atom. The normalized spacial score (nSPS) is 18.6. The molecule has 0 saturated heterocycles. The molecule has 1 unspecified atom stereocenters. The van der Waals surface area contributed by atoms with Gasteiger partial charge in [0.15, 0.2) is 7.38 Å². The van der Waals surface area contributed by atoms with E-state index in [1.165, 1.54) is 0 Å². The lowest BCUT2D eigenvalue weighted by Gasteiger charge is -2.18. The summed E-state index contributed by atoms with van der Waals surface area (Å²) in [6.07, 6.45) is 0. The second kappa shape index (κ2) is 4.21. The molecule has 0 nitrogen and oxygen atoms in total.